The highest BCUT2D eigenvalue weighted by Gasteiger charge is 2.27. The molecule has 0 spiro atoms. The summed E-state index contributed by atoms with van der Waals surface area (Å²) in [5.74, 6) is -0.550. The number of carbonyl (C=O) groups is 2. The molecule has 4 aromatic rings. The fourth-order valence-electron chi connectivity index (χ4n) is 3.93. The summed E-state index contributed by atoms with van der Waals surface area (Å²) in [6.07, 6.45) is -0.771. The van der Waals surface area contributed by atoms with E-state index in [2.05, 4.69) is 0 Å². The van der Waals surface area contributed by atoms with Crippen molar-refractivity contribution in [2.45, 2.75) is 13.2 Å². The van der Waals surface area contributed by atoms with Crippen molar-refractivity contribution in [1.82, 2.24) is 9.47 Å². The number of amides is 2. The van der Waals surface area contributed by atoms with Gasteiger partial charge >= 0.3 is 6.09 Å². The van der Waals surface area contributed by atoms with E-state index in [9.17, 15) is 9.59 Å². The summed E-state index contributed by atoms with van der Waals surface area (Å²) < 4.78 is 7.36. The van der Waals surface area contributed by atoms with Crippen LogP contribution < -0.4 is 5.73 Å². The number of nitrogens with two attached hydrogens (primary N) is 1. The number of carbonyl (C=O) groups excluding carboxylic acids is 2. The third-order valence-corrected chi connectivity index (χ3v) is 6.20. The number of ether oxygens (including phenoxy) is 1. The lowest BCUT2D eigenvalue weighted by molar-refractivity contribution is -0.128. The second-order valence-electron chi connectivity index (χ2n) is 7.75. The van der Waals surface area contributed by atoms with E-state index in [1.165, 1.54) is 0 Å². The SMILES string of the molecule is Cn1c(CN(C(=O)CN)C(=O)OCc2ccccc2)c(-c2ccccc2Cl)c2cc(Cl)ccc21. The fourth-order valence-corrected chi connectivity index (χ4v) is 4.33. The molecule has 2 amide bonds. The molecule has 0 radical (unpaired) electrons. The van der Waals surface area contributed by atoms with Crippen LogP contribution >= 0.6 is 23.2 Å². The number of aryl methyl sites for hydroxylation is 1. The zero-order valence-electron chi connectivity index (χ0n) is 18.5. The summed E-state index contributed by atoms with van der Waals surface area (Å²) in [5.41, 5.74) is 9.58. The summed E-state index contributed by atoms with van der Waals surface area (Å²) in [6, 6.07) is 22.2. The lowest BCUT2D eigenvalue weighted by Gasteiger charge is -2.21. The molecule has 0 unspecified atom stereocenters. The first-order chi connectivity index (χ1) is 16.4. The van der Waals surface area contributed by atoms with Crippen molar-refractivity contribution in [2.24, 2.45) is 12.8 Å². The minimum absolute atomic E-state index is 0.0378. The Morgan fingerprint density at radius 1 is 1.00 bits per heavy atom. The van der Waals surface area contributed by atoms with Gasteiger partial charge in [-0.05, 0) is 29.8 Å². The predicted octanol–water partition coefficient (Wildman–Crippen LogP) is 5.78. The van der Waals surface area contributed by atoms with Crippen molar-refractivity contribution < 1.29 is 14.3 Å². The number of imide groups is 1. The maximum atomic E-state index is 13.0. The van der Waals surface area contributed by atoms with Crippen LogP contribution in [-0.2, 0) is 29.7 Å². The molecule has 1 heterocycles. The van der Waals surface area contributed by atoms with Crippen LogP contribution in [0.1, 0.15) is 11.3 Å². The molecule has 3 aromatic carbocycles. The summed E-state index contributed by atoms with van der Waals surface area (Å²) in [4.78, 5) is 26.7. The maximum absolute atomic E-state index is 13.0. The van der Waals surface area contributed by atoms with Gasteiger partial charge in [-0.15, -0.1) is 0 Å². The first-order valence-corrected chi connectivity index (χ1v) is 11.4. The van der Waals surface area contributed by atoms with Crippen molar-refractivity contribution in [3.8, 4) is 11.1 Å². The molecule has 0 bridgehead atoms. The predicted molar refractivity (Wildman–Crippen MR) is 135 cm³/mol. The van der Waals surface area contributed by atoms with Gasteiger partial charge in [0, 0.05) is 44.8 Å². The molecule has 4 rings (SSSR count). The second kappa shape index (κ2) is 10.3. The van der Waals surface area contributed by atoms with Gasteiger partial charge in [-0.2, -0.15) is 0 Å². The van der Waals surface area contributed by atoms with Crippen LogP contribution in [0.5, 0.6) is 0 Å². The van der Waals surface area contributed by atoms with E-state index in [1.807, 2.05) is 72.3 Å². The molecule has 0 fully saturated rings. The highest BCUT2D eigenvalue weighted by molar-refractivity contribution is 6.34. The van der Waals surface area contributed by atoms with Gasteiger partial charge in [0.15, 0.2) is 0 Å². The van der Waals surface area contributed by atoms with Gasteiger partial charge in [0.2, 0.25) is 5.91 Å². The van der Waals surface area contributed by atoms with Gasteiger partial charge in [0.25, 0.3) is 0 Å². The number of benzene rings is 3. The van der Waals surface area contributed by atoms with Gasteiger partial charge in [-0.1, -0.05) is 71.7 Å². The van der Waals surface area contributed by atoms with Crippen LogP contribution in [0.25, 0.3) is 22.0 Å². The summed E-state index contributed by atoms with van der Waals surface area (Å²) in [7, 11) is 1.87. The zero-order valence-corrected chi connectivity index (χ0v) is 20.0. The van der Waals surface area contributed by atoms with Crippen molar-refractivity contribution in [3.63, 3.8) is 0 Å². The Morgan fingerprint density at radius 2 is 1.71 bits per heavy atom. The van der Waals surface area contributed by atoms with Crippen LogP contribution in [0.2, 0.25) is 10.0 Å². The molecule has 2 N–H and O–H groups in total. The molecule has 0 aliphatic rings. The Morgan fingerprint density at radius 3 is 2.41 bits per heavy atom. The number of halogens is 2. The third-order valence-electron chi connectivity index (χ3n) is 5.64. The molecular formula is C26H23Cl2N3O3. The van der Waals surface area contributed by atoms with Crippen LogP contribution in [0.4, 0.5) is 4.79 Å². The first kappa shape index (κ1) is 23.8. The number of nitrogens with zero attached hydrogens (tertiary/aromatic N) is 2. The Bertz CT molecular complexity index is 1350. The molecule has 0 atom stereocenters. The van der Waals surface area contributed by atoms with Crippen molar-refractivity contribution in [2.75, 3.05) is 6.54 Å². The van der Waals surface area contributed by atoms with Gasteiger partial charge in [0.05, 0.1) is 13.1 Å². The van der Waals surface area contributed by atoms with Gasteiger partial charge in [-0.3, -0.25) is 4.79 Å². The Kier molecular flexibility index (Phi) is 7.22. The van der Waals surface area contributed by atoms with E-state index in [1.54, 1.807) is 12.1 Å². The van der Waals surface area contributed by atoms with Crippen molar-refractivity contribution >= 4 is 46.1 Å². The normalized spacial score (nSPS) is 10.9. The minimum Gasteiger partial charge on any atom is -0.444 e. The second-order valence-corrected chi connectivity index (χ2v) is 8.59. The fraction of sp³-hybridized carbons (Fsp3) is 0.154. The molecular weight excluding hydrogens is 473 g/mol. The highest BCUT2D eigenvalue weighted by Crippen LogP contribution is 2.39. The standard InChI is InChI=1S/C26H23Cl2N3O3/c1-30-22-12-11-18(27)13-20(22)25(19-9-5-6-10-21(19)28)23(30)15-31(24(32)14-29)26(33)34-16-17-7-3-2-4-8-17/h2-13H,14-16,29H2,1H3. The maximum Gasteiger partial charge on any atom is 0.417 e. The van der Waals surface area contributed by atoms with Gasteiger partial charge < -0.3 is 15.0 Å². The van der Waals surface area contributed by atoms with Gasteiger partial charge in [0.1, 0.15) is 6.61 Å². The van der Waals surface area contributed by atoms with Crippen LogP contribution in [-0.4, -0.2) is 28.0 Å². The Balaban J connectivity index is 1.77. The van der Waals surface area contributed by atoms with Crippen LogP contribution in [0.3, 0.4) is 0 Å². The van der Waals surface area contributed by atoms with E-state index < -0.39 is 12.0 Å². The topological polar surface area (TPSA) is 77.6 Å². The van der Waals surface area contributed by atoms with E-state index in [4.69, 9.17) is 33.7 Å². The Hall–Kier alpha value is -3.32. The van der Waals surface area contributed by atoms with Crippen LogP contribution in [0, 0.1) is 0 Å². The lowest BCUT2D eigenvalue weighted by Crippen LogP contribution is -2.41. The third kappa shape index (κ3) is 4.80. The average Bonchev–Trinajstić information content (AvgIpc) is 3.11. The van der Waals surface area contributed by atoms with E-state index >= 15 is 0 Å². The smallest absolute Gasteiger partial charge is 0.417 e. The molecule has 8 heteroatoms. The summed E-state index contributed by atoms with van der Waals surface area (Å²) >= 11 is 12.9. The van der Waals surface area contributed by atoms with Crippen LogP contribution in [0.15, 0.2) is 72.8 Å². The number of hydrogen-bond acceptors (Lipinski definition) is 4. The summed E-state index contributed by atoms with van der Waals surface area (Å²) in [6.45, 7) is -0.346. The van der Waals surface area contributed by atoms with E-state index in [0.717, 1.165) is 32.5 Å². The molecule has 0 saturated carbocycles. The van der Waals surface area contributed by atoms with E-state index in [-0.39, 0.29) is 19.7 Å². The molecule has 0 aliphatic carbocycles. The first-order valence-electron chi connectivity index (χ1n) is 10.6. The monoisotopic (exact) mass is 495 g/mol. The Labute approximate surface area is 207 Å². The molecule has 34 heavy (non-hydrogen) atoms. The van der Waals surface area contributed by atoms with E-state index in [0.29, 0.717) is 15.7 Å². The quantitative estimate of drug-likeness (QED) is 0.367. The van der Waals surface area contributed by atoms with Crippen molar-refractivity contribution in [1.29, 1.82) is 0 Å². The molecule has 0 aliphatic heterocycles. The highest BCUT2D eigenvalue weighted by atomic mass is 35.5. The number of aromatic nitrogens is 1. The van der Waals surface area contributed by atoms with Gasteiger partial charge in [-0.25, -0.2) is 9.69 Å². The molecule has 0 saturated heterocycles. The number of hydrogen-bond donors (Lipinski definition) is 1. The minimum atomic E-state index is -0.771. The molecule has 6 nitrogen and oxygen atoms in total. The zero-order chi connectivity index (χ0) is 24.2. The number of fused-ring (bicyclic) bond motifs is 1. The molecule has 1 aromatic heterocycles. The molecule has 174 valence electrons. The largest absolute Gasteiger partial charge is 0.444 e. The number of rotatable bonds is 6. The average molecular weight is 496 g/mol. The summed E-state index contributed by atoms with van der Waals surface area (Å²) in [5, 5.41) is 1.96. The van der Waals surface area contributed by atoms with Crippen molar-refractivity contribution in [3.05, 3.63) is 94.1 Å². The lowest BCUT2D eigenvalue weighted by atomic mass is 10.0.